The predicted octanol–water partition coefficient (Wildman–Crippen LogP) is 2.76. The van der Waals surface area contributed by atoms with E-state index in [2.05, 4.69) is 0 Å². The van der Waals surface area contributed by atoms with E-state index in [-0.39, 0.29) is 34.3 Å². The predicted molar refractivity (Wildman–Crippen MR) is 80.5 cm³/mol. The van der Waals surface area contributed by atoms with Crippen molar-refractivity contribution in [3.63, 3.8) is 0 Å². The minimum Gasteiger partial charge on any atom is -0.494 e. The van der Waals surface area contributed by atoms with E-state index in [9.17, 15) is 20.0 Å². The number of unbranched alkanes of at least 4 members (excludes halogenated alkanes) is 2. The second-order valence-corrected chi connectivity index (χ2v) is 5.49. The molecule has 1 aromatic rings. The average Bonchev–Trinajstić information content (AvgIpc) is 2.42. The van der Waals surface area contributed by atoms with Crippen LogP contribution >= 0.6 is 0 Å². The first kappa shape index (κ1) is 17.0. The molecule has 0 saturated heterocycles. The zero-order valence-corrected chi connectivity index (χ0v) is 13.1. The minimum atomic E-state index is -0.524. The minimum absolute atomic E-state index is 0.0618. The quantitative estimate of drug-likeness (QED) is 0.645. The van der Waals surface area contributed by atoms with Gasteiger partial charge in [0.2, 0.25) is 5.88 Å². The second kappa shape index (κ2) is 7.07. The fourth-order valence-corrected chi connectivity index (χ4v) is 2.26. The largest absolute Gasteiger partial charge is 0.494 e. The van der Waals surface area contributed by atoms with Crippen LogP contribution in [0.1, 0.15) is 61.5 Å². The molecular weight excluding hydrogens is 268 g/mol. The lowest BCUT2D eigenvalue weighted by Gasteiger charge is -2.16. The van der Waals surface area contributed by atoms with Gasteiger partial charge >= 0.3 is 0 Å². The van der Waals surface area contributed by atoms with Crippen LogP contribution < -0.4 is 5.56 Å². The standard InChI is InChI=1S/C16H22N2O3/c1-5-6-7-8-18-15(20)12(9-17)11(4)13(16(18)21)14(19)10(2)3/h10,21H,5-8H2,1-4H3. The number of aromatic hydroxyl groups is 1. The molecule has 0 bridgehead atoms. The summed E-state index contributed by atoms with van der Waals surface area (Å²) in [5.74, 6) is -0.889. The number of hydrogen-bond donors (Lipinski definition) is 1. The maximum absolute atomic E-state index is 12.3. The van der Waals surface area contributed by atoms with Gasteiger partial charge in [-0.05, 0) is 18.9 Å². The van der Waals surface area contributed by atoms with Crippen LogP contribution in [-0.2, 0) is 6.54 Å². The summed E-state index contributed by atoms with van der Waals surface area (Å²) in [5.41, 5.74) is -0.222. The van der Waals surface area contributed by atoms with Crippen molar-refractivity contribution in [1.29, 1.82) is 5.26 Å². The average molecular weight is 290 g/mol. The Labute approximate surface area is 124 Å². The molecule has 0 aliphatic rings. The van der Waals surface area contributed by atoms with Crippen LogP contribution in [0.15, 0.2) is 4.79 Å². The van der Waals surface area contributed by atoms with Gasteiger partial charge in [-0.2, -0.15) is 5.26 Å². The summed E-state index contributed by atoms with van der Waals surface area (Å²) >= 11 is 0. The number of carbonyl (C=O) groups excluding carboxylic acids is 1. The van der Waals surface area contributed by atoms with E-state index in [1.54, 1.807) is 13.8 Å². The van der Waals surface area contributed by atoms with Gasteiger partial charge in [0.25, 0.3) is 5.56 Å². The summed E-state index contributed by atoms with van der Waals surface area (Å²) in [5, 5.41) is 19.5. The smallest absolute Gasteiger partial charge is 0.271 e. The van der Waals surface area contributed by atoms with Gasteiger partial charge in [-0.1, -0.05) is 33.6 Å². The van der Waals surface area contributed by atoms with Crippen molar-refractivity contribution >= 4 is 5.78 Å². The third-order valence-electron chi connectivity index (χ3n) is 3.56. The SMILES string of the molecule is CCCCCn1c(O)c(C(=O)C(C)C)c(C)c(C#N)c1=O. The third kappa shape index (κ3) is 3.33. The molecule has 1 rings (SSSR count). The van der Waals surface area contributed by atoms with E-state index in [0.29, 0.717) is 13.0 Å². The first-order valence-corrected chi connectivity index (χ1v) is 7.27. The fraction of sp³-hybridized carbons (Fsp3) is 0.562. The topological polar surface area (TPSA) is 83.1 Å². The number of ketones is 1. The van der Waals surface area contributed by atoms with Crippen LogP contribution in [-0.4, -0.2) is 15.5 Å². The Kier molecular flexibility index (Phi) is 5.71. The first-order valence-electron chi connectivity index (χ1n) is 7.27. The van der Waals surface area contributed by atoms with Crippen LogP contribution in [0, 0.1) is 24.2 Å². The summed E-state index contributed by atoms with van der Waals surface area (Å²) in [4.78, 5) is 24.5. The Morgan fingerprint density at radius 2 is 2.00 bits per heavy atom. The van der Waals surface area contributed by atoms with E-state index >= 15 is 0 Å². The first-order chi connectivity index (χ1) is 9.86. The third-order valence-corrected chi connectivity index (χ3v) is 3.56. The number of hydrogen-bond acceptors (Lipinski definition) is 4. The van der Waals surface area contributed by atoms with Crippen molar-refractivity contribution in [2.45, 2.75) is 53.5 Å². The molecule has 5 heteroatoms. The molecule has 0 unspecified atom stereocenters. The summed E-state index contributed by atoms with van der Waals surface area (Å²) < 4.78 is 1.15. The molecule has 0 radical (unpaired) electrons. The molecule has 21 heavy (non-hydrogen) atoms. The molecule has 0 aliphatic heterocycles. The van der Waals surface area contributed by atoms with Gasteiger partial charge in [0, 0.05) is 12.5 Å². The zero-order chi connectivity index (χ0) is 16.2. The van der Waals surface area contributed by atoms with Crippen LogP contribution in [0.3, 0.4) is 0 Å². The number of pyridine rings is 1. The van der Waals surface area contributed by atoms with Crippen molar-refractivity contribution in [1.82, 2.24) is 4.57 Å². The van der Waals surface area contributed by atoms with Gasteiger partial charge in [0.05, 0.1) is 5.56 Å². The summed E-state index contributed by atoms with van der Waals surface area (Å²) in [7, 11) is 0. The van der Waals surface area contributed by atoms with Crippen LogP contribution in [0.5, 0.6) is 5.88 Å². The second-order valence-electron chi connectivity index (χ2n) is 5.49. The molecule has 0 atom stereocenters. The Morgan fingerprint density at radius 3 is 2.48 bits per heavy atom. The van der Waals surface area contributed by atoms with E-state index in [1.807, 2.05) is 13.0 Å². The van der Waals surface area contributed by atoms with Gasteiger partial charge < -0.3 is 5.11 Å². The van der Waals surface area contributed by atoms with Gasteiger partial charge in [-0.25, -0.2) is 0 Å². The van der Waals surface area contributed by atoms with Crippen molar-refractivity contribution in [3.8, 4) is 11.9 Å². The van der Waals surface area contributed by atoms with Crippen molar-refractivity contribution < 1.29 is 9.90 Å². The Hall–Kier alpha value is -2.09. The molecule has 1 aromatic heterocycles. The van der Waals surface area contributed by atoms with Crippen molar-refractivity contribution in [2.24, 2.45) is 5.92 Å². The maximum Gasteiger partial charge on any atom is 0.271 e. The maximum atomic E-state index is 12.3. The molecule has 0 amide bonds. The molecule has 0 aromatic carbocycles. The number of rotatable bonds is 6. The van der Waals surface area contributed by atoms with Gasteiger partial charge in [-0.3, -0.25) is 14.2 Å². The van der Waals surface area contributed by atoms with Crippen LogP contribution in [0.25, 0.3) is 0 Å². The summed E-state index contributed by atoms with van der Waals surface area (Å²) in [6, 6.07) is 1.86. The lowest BCUT2D eigenvalue weighted by molar-refractivity contribution is 0.0934. The highest BCUT2D eigenvalue weighted by molar-refractivity contribution is 6.01. The number of carbonyl (C=O) groups is 1. The number of nitriles is 1. The highest BCUT2D eigenvalue weighted by Gasteiger charge is 2.25. The van der Waals surface area contributed by atoms with E-state index in [4.69, 9.17) is 0 Å². The van der Waals surface area contributed by atoms with Gasteiger partial charge in [0.15, 0.2) is 5.78 Å². The number of aromatic nitrogens is 1. The number of Topliss-reactive ketones (excluding diaryl/α,β-unsaturated/α-hetero) is 1. The summed E-state index contributed by atoms with van der Waals surface area (Å²) in [6.07, 6.45) is 2.60. The highest BCUT2D eigenvalue weighted by atomic mass is 16.3. The molecule has 114 valence electrons. The van der Waals surface area contributed by atoms with E-state index < -0.39 is 5.56 Å². The normalized spacial score (nSPS) is 10.7. The zero-order valence-electron chi connectivity index (χ0n) is 13.1. The molecule has 5 nitrogen and oxygen atoms in total. The molecule has 0 fully saturated rings. The summed E-state index contributed by atoms with van der Waals surface area (Å²) in [6.45, 7) is 7.32. The van der Waals surface area contributed by atoms with E-state index in [1.165, 1.54) is 6.92 Å². The Bertz CT molecular complexity index is 636. The Balaban J connectivity index is 3.52. The van der Waals surface area contributed by atoms with Crippen LogP contribution in [0.4, 0.5) is 0 Å². The monoisotopic (exact) mass is 290 g/mol. The van der Waals surface area contributed by atoms with Gasteiger partial charge in [-0.15, -0.1) is 0 Å². The molecule has 0 aliphatic carbocycles. The lowest BCUT2D eigenvalue weighted by atomic mass is 9.95. The van der Waals surface area contributed by atoms with Crippen molar-refractivity contribution in [3.05, 3.63) is 27.0 Å². The fourth-order valence-electron chi connectivity index (χ4n) is 2.26. The molecule has 0 saturated carbocycles. The highest BCUT2D eigenvalue weighted by Crippen LogP contribution is 2.25. The van der Waals surface area contributed by atoms with Crippen LogP contribution in [0.2, 0.25) is 0 Å². The molecule has 1 heterocycles. The van der Waals surface area contributed by atoms with Gasteiger partial charge in [0.1, 0.15) is 11.6 Å². The molecular formula is C16H22N2O3. The Morgan fingerprint density at radius 1 is 1.38 bits per heavy atom. The number of nitrogens with zero attached hydrogens (tertiary/aromatic N) is 2. The lowest BCUT2D eigenvalue weighted by Crippen LogP contribution is -2.27. The molecule has 1 N–H and O–H groups in total. The van der Waals surface area contributed by atoms with Crippen molar-refractivity contribution in [2.75, 3.05) is 0 Å². The molecule has 0 spiro atoms. The van der Waals surface area contributed by atoms with E-state index in [0.717, 1.165) is 17.4 Å².